The monoisotopic (exact) mass is 395 g/mol. The van der Waals surface area contributed by atoms with Gasteiger partial charge in [-0.15, -0.1) is 10.2 Å². The SMILES string of the molecule is Cc1nnc(CN=C(NC2CCCC2)N2CCN(Cc3ccccc3)CC2)n1C. The quantitative estimate of drug-likeness (QED) is 0.622. The number of benzene rings is 1. The highest BCUT2D eigenvalue weighted by Crippen LogP contribution is 2.18. The van der Waals surface area contributed by atoms with Gasteiger partial charge in [0.1, 0.15) is 12.4 Å². The van der Waals surface area contributed by atoms with Crippen molar-refractivity contribution in [3.8, 4) is 0 Å². The summed E-state index contributed by atoms with van der Waals surface area (Å²) in [4.78, 5) is 9.91. The molecule has 7 heteroatoms. The van der Waals surface area contributed by atoms with E-state index in [1.165, 1.54) is 31.2 Å². The Labute approximate surface area is 173 Å². The van der Waals surface area contributed by atoms with Gasteiger partial charge in [-0.3, -0.25) is 4.90 Å². The van der Waals surface area contributed by atoms with Crippen molar-refractivity contribution in [3.05, 3.63) is 47.5 Å². The average Bonchev–Trinajstić information content (AvgIpc) is 3.37. The maximum atomic E-state index is 4.95. The number of aromatic nitrogens is 3. The molecule has 2 aliphatic rings. The van der Waals surface area contributed by atoms with Crippen LogP contribution in [0, 0.1) is 6.92 Å². The Balaban J connectivity index is 1.39. The van der Waals surface area contributed by atoms with Crippen LogP contribution in [-0.2, 0) is 20.1 Å². The summed E-state index contributed by atoms with van der Waals surface area (Å²) < 4.78 is 2.02. The summed E-state index contributed by atoms with van der Waals surface area (Å²) in [5, 5.41) is 12.2. The normalized spacial score (nSPS) is 19.1. The molecule has 1 saturated carbocycles. The van der Waals surface area contributed by atoms with Crippen molar-refractivity contribution >= 4 is 5.96 Å². The van der Waals surface area contributed by atoms with E-state index in [1.807, 2.05) is 18.5 Å². The van der Waals surface area contributed by atoms with Crippen LogP contribution in [0.1, 0.15) is 42.9 Å². The third-order valence-electron chi connectivity index (χ3n) is 6.16. The fraction of sp³-hybridized carbons (Fsp3) is 0.591. The summed E-state index contributed by atoms with van der Waals surface area (Å²) in [5.41, 5.74) is 1.39. The molecule has 1 aliphatic carbocycles. The largest absolute Gasteiger partial charge is 0.353 e. The number of hydrogen-bond donors (Lipinski definition) is 1. The van der Waals surface area contributed by atoms with Gasteiger partial charge in [-0.1, -0.05) is 43.2 Å². The lowest BCUT2D eigenvalue weighted by molar-refractivity contribution is 0.171. The Bertz CT molecular complexity index is 800. The molecule has 0 unspecified atom stereocenters. The summed E-state index contributed by atoms with van der Waals surface area (Å²) in [6.07, 6.45) is 5.13. The highest BCUT2D eigenvalue weighted by Gasteiger charge is 2.23. The van der Waals surface area contributed by atoms with E-state index in [2.05, 4.69) is 55.6 Å². The molecule has 1 N–H and O–H groups in total. The van der Waals surface area contributed by atoms with Gasteiger partial charge in [0.25, 0.3) is 0 Å². The topological polar surface area (TPSA) is 61.6 Å². The lowest BCUT2D eigenvalue weighted by Gasteiger charge is -2.37. The summed E-state index contributed by atoms with van der Waals surface area (Å²) in [7, 11) is 2.01. The van der Waals surface area contributed by atoms with Gasteiger partial charge >= 0.3 is 0 Å². The zero-order valence-electron chi connectivity index (χ0n) is 17.7. The Morgan fingerprint density at radius 3 is 2.45 bits per heavy atom. The van der Waals surface area contributed by atoms with Gasteiger partial charge in [0.15, 0.2) is 11.8 Å². The molecule has 1 aromatic heterocycles. The van der Waals surface area contributed by atoms with Crippen molar-refractivity contribution in [1.29, 1.82) is 0 Å². The van der Waals surface area contributed by atoms with Crippen molar-refractivity contribution in [2.45, 2.75) is 51.7 Å². The number of rotatable bonds is 5. The lowest BCUT2D eigenvalue weighted by Crippen LogP contribution is -2.53. The predicted molar refractivity (Wildman–Crippen MR) is 116 cm³/mol. The number of piperazine rings is 1. The van der Waals surface area contributed by atoms with Gasteiger partial charge < -0.3 is 14.8 Å². The zero-order valence-corrected chi connectivity index (χ0v) is 17.7. The van der Waals surface area contributed by atoms with Gasteiger partial charge in [0, 0.05) is 45.8 Å². The molecular weight excluding hydrogens is 362 g/mol. The van der Waals surface area contributed by atoms with Gasteiger partial charge in [-0.2, -0.15) is 0 Å². The maximum Gasteiger partial charge on any atom is 0.194 e. The molecule has 7 nitrogen and oxygen atoms in total. The summed E-state index contributed by atoms with van der Waals surface area (Å²) in [5.74, 6) is 2.88. The predicted octanol–water partition coefficient (Wildman–Crippen LogP) is 2.33. The second-order valence-electron chi connectivity index (χ2n) is 8.24. The first-order valence-corrected chi connectivity index (χ1v) is 10.9. The van der Waals surface area contributed by atoms with Crippen LogP contribution in [0.25, 0.3) is 0 Å². The van der Waals surface area contributed by atoms with Crippen LogP contribution in [0.2, 0.25) is 0 Å². The molecule has 0 amide bonds. The minimum Gasteiger partial charge on any atom is -0.353 e. The molecule has 2 aromatic rings. The molecule has 2 heterocycles. The van der Waals surface area contributed by atoms with Crippen LogP contribution >= 0.6 is 0 Å². The van der Waals surface area contributed by atoms with Crippen LogP contribution in [0.15, 0.2) is 35.3 Å². The molecular formula is C22H33N7. The number of hydrogen-bond acceptors (Lipinski definition) is 4. The van der Waals surface area contributed by atoms with Gasteiger partial charge in [0.05, 0.1) is 0 Å². The Hall–Kier alpha value is -2.41. The first kappa shape index (κ1) is 19.9. The number of aryl methyl sites for hydroxylation is 1. The summed E-state index contributed by atoms with van der Waals surface area (Å²) >= 11 is 0. The van der Waals surface area contributed by atoms with E-state index in [1.54, 1.807) is 0 Å². The van der Waals surface area contributed by atoms with Crippen LogP contribution in [0.4, 0.5) is 0 Å². The molecule has 1 aromatic carbocycles. The Morgan fingerprint density at radius 2 is 1.79 bits per heavy atom. The minimum absolute atomic E-state index is 0.553. The third kappa shape index (κ3) is 5.15. The standard InChI is InChI=1S/C22H33N7/c1-18-25-26-21(27(18)2)16-23-22(24-20-10-6-7-11-20)29-14-12-28(13-15-29)17-19-8-4-3-5-9-19/h3-5,8-9,20H,6-7,10-17H2,1-2H3,(H,23,24). The highest BCUT2D eigenvalue weighted by atomic mass is 15.4. The molecule has 2 fully saturated rings. The summed E-state index contributed by atoms with van der Waals surface area (Å²) in [6, 6.07) is 11.3. The van der Waals surface area contributed by atoms with E-state index in [0.29, 0.717) is 12.6 Å². The summed E-state index contributed by atoms with van der Waals surface area (Å²) in [6.45, 7) is 7.69. The Kier molecular flexibility index (Phi) is 6.44. The number of aliphatic imine (C=N–C) groups is 1. The van der Waals surface area contributed by atoms with Crippen LogP contribution in [0.5, 0.6) is 0 Å². The van der Waals surface area contributed by atoms with E-state index in [0.717, 1.165) is 50.3 Å². The molecule has 0 bridgehead atoms. The van der Waals surface area contributed by atoms with Crippen molar-refractivity contribution < 1.29 is 0 Å². The zero-order chi connectivity index (χ0) is 20.1. The number of guanidine groups is 1. The fourth-order valence-electron chi connectivity index (χ4n) is 4.18. The second-order valence-corrected chi connectivity index (χ2v) is 8.24. The first-order chi connectivity index (χ1) is 14.2. The van der Waals surface area contributed by atoms with E-state index in [9.17, 15) is 0 Å². The van der Waals surface area contributed by atoms with Crippen molar-refractivity contribution in [2.75, 3.05) is 26.2 Å². The van der Waals surface area contributed by atoms with Crippen LogP contribution in [-0.4, -0.2) is 62.7 Å². The number of nitrogens with one attached hydrogen (secondary N) is 1. The van der Waals surface area contributed by atoms with E-state index in [4.69, 9.17) is 4.99 Å². The van der Waals surface area contributed by atoms with E-state index >= 15 is 0 Å². The molecule has 29 heavy (non-hydrogen) atoms. The molecule has 1 saturated heterocycles. The van der Waals surface area contributed by atoms with E-state index in [-0.39, 0.29) is 0 Å². The van der Waals surface area contributed by atoms with Gasteiger partial charge in [0.2, 0.25) is 0 Å². The van der Waals surface area contributed by atoms with Crippen molar-refractivity contribution in [1.82, 2.24) is 29.9 Å². The minimum atomic E-state index is 0.553. The first-order valence-electron chi connectivity index (χ1n) is 10.9. The molecule has 156 valence electrons. The fourth-order valence-corrected chi connectivity index (χ4v) is 4.18. The average molecular weight is 396 g/mol. The smallest absolute Gasteiger partial charge is 0.194 e. The molecule has 1 aliphatic heterocycles. The van der Waals surface area contributed by atoms with Crippen LogP contribution in [0.3, 0.4) is 0 Å². The molecule has 0 spiro atoms. The second kappa shape index (κ2) is 9.39. The Morgan fingerprint density at radius 1 is 1.07 bits per heavy atom. The van der Waals surface area contributed by atoms with Crippen molar-refractivity contribution in [2.24, 2.45) is 12.0 Å². The highest BCUT2D eigenvalue weighted by molar-refractivity contribution is 5.80. The lowest BCUT2D eigenvalue weighted by atomic mass is 10.2. The van der Waals surface area contributed by atoms with Crippen LogP contribution < -0.4 is 5.32 Å². The van der Waals surface area contributed by atoms with E-state index < -0.39 is 0 Å². The number of nitrogens with zero attached hydrogens (tertiary/aromatic N) is 6. The molecule has 0 radical (unpaired) electrons. The van der Waals surface area contributed by atoms with Gasteiger partial charge in [-0.25, -0.2) is 4.99 Å². The van der Waals surface area contributed by atoms with Crippen molar-refractivity contribution in [3.63, 3.8) is 0 Å². The third-order valence-corrected chi connectivity index (χ3v) is 6.16. The van der Waals surface area contributed by atoms with Gasteiger partial charge in [-0.05, 0) is 25.3 Å². The molecule has 4 rings (SSSR count). The molecule has 0 atom stereocenters. The maximum absolute atomic E-state index is 4.95.